The lowest BCUT2D eigenvalue weighted by Crippen LogP contribution is -2.36. The molecule has 130 valence electrons. The average molecular weight is 355 g/mol. The number of ketones is 1. The number of thioether (sulfide) groups is 1. The molecule has 1 atom stereocenters. The summed E-state index contributed by atoms with van der Waals surface area (Å²) in [6.45, 7) is 4.33. The largest absolute Gasteiger partial charge is 0.484 e. The number of benzene rings is 2. The van der Waals surface area contributed by atoms with Gasteiger partial charge in [0.05, 0.1) is 5.69 Å². The number of fused-ring (bicyclic) bond motifs is 1. The van der Waals surface area contributed by atoms with Gasteiger partial charge in [0.2, 0.25) is 0 Å². The highest BCUT2D eigenvalue weighted by Crippen LogP contribution is 2.37. The molecule has 0 saturated carbocycles. The fourth-order valence-electron chi connectivity index (χ4n) is 2.77. The van der Waals surface area contributed by atoms with Gasteiger partial charge in [-0.15, -0.1) is 11.8 Å². The standard InChI is InChI=1S/C20H21NO3S/c1-14-10-11-21(18-8-3-4-9-19(18)25-14)20(23)13-24-17-7-5-6-16(12-17)15(2)22/h3-9,12,14H,10-11,13H2,1-2H3/t14-/m0/s1. The molecule has 1 heterocycles. The molecule has 0 spiro atoms. The Bertz CT molecular complexity index is 790. The maximum atomic E-state index is 12.7. The van der Waals surface area contributed by atoms with Crippen molar-refractivity contribution in [1.29, 1.82) is 0 Å². The topological polar surface area (TPSA) is 46.6 Å². The Balaban J connectivity index is 1.73. The molecular formula is C20H21NO3S. The minimum absolute atomic E-state index is 0.0239. The number of nitrogens with zero attached hydrogens (tertiary/aromatic N) is 1. The van der Waals surface area contributed by atoms with Gasteiger partial charge in [-0.05, 0) is 37.6 Å². The predicted molar refractivity (Wildman–Crippen MR) is 101 cm³/mol. The lowest BCUT2D eigenvalue weighted by atomic mass is 10.1. The van der Waals surface area contributed by atoms with E-state index in [0.29, 0.717) is 23.1 Å². The summed E-state index contributed by atoms with van der Waals surface area (Å²) in [4.78, 5) is 27.1. The van der Waals surface area contributed by atoms with Gasteiger partial charge in [0, 0.05) is 22.3 Å². The monoisotopic (exact) mass is 355 g/mol. The minimum atomic E-state index is -0.0737. The molecule has 0 N–H and O–H groups in total. The highest BCUT2D eigenvalue weighted by atomic mass is 32.2. The second-order valence-electron chi connectivity index (χ2n) is 6.10. The molecule has 2 aromatic rings. The van der Waals surface area contributed by atoms with E-state index >= 15 is 0 Å². The van der Waals surface area contributed by atoms with Crippen LogP contribution in [0.25, 0.3) is 0 Å². The van der Waals surface area contributed by atoms with Crippen molar-refractivity contribution in [2.24, 2.45) is 0 Å². The summed E-state index contributed by atoms with van der Waals surface area (Å²) in [6, 6.07) is 14.9. The number of hydrogen-bond acceptors (Lipinski definition) is 4. The maximum Gasteiger partial charge on any atom is 0.264 e. The van der Waals surface area contributed by atoms with Crippen LogP contribution in [-0.4, -0.2) is 30.1 Å². The predicted octanol–water partition coefficient (Wildman–Crippen LogP) is 4.19. The highest BCUT2D eigenvalue weighted by molar-refractivity contribution is 8.00. The van der Waals surface area contributed by atoms with Crippen LogP contribution in [0.1, 0.15) is 30.6 Å². The van der Waals surface area contributed by atoms with Gasteiger partial charge >= 0.3 is 0 Å². The highest BCUT2D eigenvalue weighted by Gasteiger charge is 2.24. The molecule has 3 rings (SSSR count). The molecule has 0 saturated heterocycles. The Morgan fingerprint density at radius 1 is 1.20 bits per heavy atom. The van der Waals surface area contributed by atoms with Crippen LogP contribution in [-0.2, 0) is 4.79 Å². The zero-order chi connectivity index (χ0) is 17.8. The van der Waals surface area contributed by atoms with Crippen LogP contribution in [0.2, 0.25) is 0 Å². The fraction of sp³-hybridized carbons (Fsp3) is 0.300. The quantitative estimate of drug-likeness (QED) is 0.772. The smallest absolute Gasteiger partial charge is 0.264 e. The van der Waals surface area contributed by atoms with Crippen molar-refractivity contribution in [1.82, 2.24) is 0 Å². The fourth-order valence-corrected chi connectivity index (χ4v) is 3.89. The van der Waals surface area contributed by atoms with Crippen LogP contribution < -0.4 is 9.64 Å². The van der Waals surface area contributed by atoms with E-state index < -0.39 is 0 Å². The summed E-state index contributed by atoms with van der Waals surface area (Å²) in [5.41, 5.74) is 1.53. The first-order chi connectivity index (χ1) is 12.0. The van der Waals surface area contributed by atoms with Crippen LogP contribution in [0.15, 0.2) is 53.4 Å². The van der Waals surface area contributed by atoms with E-state index in [1.165, 1.54) is 6.92 Å². The number of ether oxygens (including phenoxy) is 1. The van der Waals surface area contributed by atoms with Crippen molar-refractivity contribution in [3.63, 3.8) is 0 Å². The minimum Gasteiger partial charge on any atom is -0.484 e. The Morgan fingerprint density at radius 2 is 2.00 bits per heavy atom. The summed E-state index contributed by atoms with van der Waals surface area (Å²) in [5.74, 6) is 0.437. The molecule has 1 aliphatic rings. The van der Waals surface area contributed by atoms with E-state index in [-0.39, 0.29) is 18.3 Å². The van der Waals surface area contributed by atoms with Crippen molar-refractivity contribution >= 4 is 29.1 Å². The van der Waals surface area contributed by atoms with Gasteiger partial charge in [0.25, 0.3) is 5.91 Å². The first-order valence-corrected chi connectivity index (χ1v) is 9.22. The van der Waals surface area contributed by atoms with E-state index in [1.807, 2.05) is 18.2 Å². The van der Waals surface area contributed by atoms with Gasteiger partial charge in [-0.1, -0.05) is 31.2 Å². The first-order valence-electron chi connectivity index (χ1n) is 8.34. The molecule has 0 radical (unpaired) electrons. The van der Waals surface area contributed by atoms with Crippen LogP contribution in [0.3, 0.4) is 0 Å². The molecule has 0 fully saturated rings. The Morgan fingerprint density at radius 3 is 2.80 bits per heavy atom. The number of anilines is 1. The van der Waals surface area contributed by atoms with Gasteiger partial charge in [0.1, 0.15) is 5.75 Å². The summed E-state index contributed by atoms with van der Waals surface area (Å²) >= 11 is 1.80. The first kappa shape index (κ1) is 17.5. The summed E-state index contributed by atoms with van der Waals surface area (Å²) in [7, 11) is 0. The number of Topliss-reactive ketones (excluding diaryl/α,β-unsaturated/α-hetero) is 1. The molecule has 0 aromatic heterocycles. The van der Waals surface area contributed by atoms with Crippen LogP contribution in [0.4, 0.5) is 5.69 Å². The molecule has 1 amide bonds. The number of para-hydroxylation sites is 1. The van der Waals surface area contributed by atoms with Crippen LogP contribution in [0.5, 0.6) is 5.75 Å². The third-order valence-corrected chi connectivity index (χ3v) is 5.38. The molecule has 0 unspecified atom stereocenters. The van der Waals surface area contributed by atoms with E-state index in [4.69, 9.17) is 4.74 Å². The Labute approximate surface area is 152 Å². The molecule has 0 aliphatic carbocycles. The molecular weight excluding hydrogens is 334 g/mol. The van der Waals surface area contributed by atoms with Gasteiger partial charge in [-0.3, -0.25) is 9.59 Å². The van der Waals surface area contributed by atoms with E-state index in [2.05, 4.69) is 13.0 Å². The zero-order valence-corrected chi connectivity index (χ0v) is 15.2. The van der Waals surface area contributed by atoms with Crippen molar-refractivity contribution < 1.29 is 14.3 Å². The second kappa shape index (κ2) is 7.74. The Kier molecular flexibility index (Phi) is 5.43. The van der Waals surface area contributed by atoms with Crippen molar-refractivity contribution in [2.75, 3.05) is 18.1 Å². The number of rotatable bonds is 4. The third-order valence-electron chi connectivity index (χ3n) is 4.15. The molecule has 0 bridgehead atoms. The average Bonchev–Trinajstić information content (AvgIpc) is 2.78. The van der Waals surface area contributed by atoms with Gasteiger partial charge < -0.3 is 9.64 Å². The van der Waals surface area contributed by atoms with Crippen LogP contribution in [0, 0.1) is 0 Å². The van der Waals surface area contributed by atoms with E-state index in [1.54, 1.807) is 40.9 Å². The SMILES string of the molecule is CC(=O)c1cccc(OCC(=O)N2CC[C@H](C)Sc3ccccc32)c1. The summed E-state index contributed by atoms with van der Waals surface area (Å²) < 4.78 is 5.64. The summed E-state index contributed by atoms with van der Waals surface area (Å²) in [6.07, 6.45) is 0.935. The zero-order valence-electron chi connectivity index (χ0n) is 14.4. The lowest BCUT2D eigenvalue weighted by Gasteiger charge is -2.22. The number of carbonyl (C=O) groups excluding carboxylic acids is 2. The number of amides is 1. The van der Waals surface area contributed by atoms with Gasteiger partial charge in [-0.2, -0.15) is 0 Å². The van der Waals surface area contributed by atoms with Gasteiger partial charge in [0.15, 0.2) is 12.4 Å². The van der Waals surface area contributed by atoms with Crippen LogP contribution >= 0.6 is 11.8 Å². The molecule has 5 heteroatoms. The van der Waals surface area contributed by atoms with Crippen molar-refractivity contribution in [2.45, 2.75) is 30.4 Å². The lowest BCUT2D eigenvalue weighted by molar-refractivity contribution is -0.120. The molecule has 25 heavy (non-hydrogen) atoms. The normalized spacial score (nSPS) is 16.7. The van der Waals surface area contributed by atoms with Gasteiger partial charge in [-0.25, -0.2) is 0 Å². The molecule has 1 aliphatic heterocycles. The van der Waals surface area contributed by atoms with E-state index in [0.717, 1.165) is 17.0 Å². The molecule has 4 nitrogen and oxygen atoms in total. The number of carbonyl (C=O) groups is 2. The Hall–Kier alpha value is -2.27. The van der Waals surface area contributed by atoms with Crippen molar-refractivity contribution in [3.05, 3.63) is 54.1 Å². The second-order valence-corrected chi connectivity index (χ2v) is 7.58. The third kappa shape index (κ3) is 4.23. The maximum absolute atomic E-state index is 12.7. The van der Waals surface area contributed by atoms with E-state index in [9.17, 15) is 9.59 Å². The molecule has 2 aromatic carbocycles. The van der Waals surface area contributed by atoms with Crippen molar-refractivity contribution in [3.8, 4) is 5.75 Å². The number of hydrogen-bond donors (Lipinski definition) is 0. The summed E-state index contributed by atoms with van der Waals surface area (Å²) in [5, 5.41) is 0.465.